The van der Waals surface area contributed by atoms with E-state index in [1.54, 1.807) is 12.1 Å². The van der Waals surface area contributed by atoms with Gasteiger partial charge in [-0.15, -0.1) is 0 Å². The van der Waals surface area contributed by atoms with Gasteiger partial charge in [-0.05, 0) is 37.3 Å². The zero-order valence-electron chi connectivity index (χ0n) is 15.6. The van der Waals surface area contributed by atoms with Gasteiger partial charge in [-0.1, -0.05) is 18.2 Å². The number of sulfonamides is 1. The molecular weight excluding hydrogens is 368 g/mol. The predicted molar refractivity (Wildman–Crippen MR) is 102 cm³/mol. The number of benzene rings is 2. The van der Waals surface area contributed by atoms with Crippen molar-refractivity contribution in [1.82, 2.24) is 9.62 Å². The van der Waals surface area contributed by atoms with E-state index >= 15 is 0 Å². The van der Waals surface area contributed by atoms with Gasteiger partial charge < -0.3 is 14.8 Å². The van der Waals surface area contributed by atoms with E-state index in [4.69, 9.17) is 9.47 Å². The van der Waals surface area contributed by atoms with E-state index in [2.05, 4.69) is 5.32 Å². The smallest absolute Gasteiger partial charge is 0.243 e. The van der Waals surface area contributed by atoms with Crippen molar-refractivity contribution < 1.29 is 22.7 Å². The van der Waals surface area contributed by atoms with Gasteiger partial charge in [0, 0.05) is 19.2 Å². The first kappa shape index (κ1) is 20.7. The highest BCUT2D eigenvalue weighted by atomic mass is 32.2. The van der Waals surface area contributed by atoms with E-state index in [0.29, 0.717) is 18.1 Å². The number of likely N-dealkylation sites (N-methyl/N-ethyl adjacent to an activating group) is 1. The number of nitrogens with zero attached hydrogens (tertiary/aromatic N) is 1. The summed E-state index contributed by atoms with van der Waals surface area (Å²) in [6.45, 7) is 2.37. The fourth-order valence-corrected chi connectivity index (χ4v) is 3.54. The Morgan fingerprint density at radius 1 is 1.11 bits per heavy atom. The van der Waals surface area contributed by atoms with Crippen LogP contribution in [0.3, 0.4) is 0 Å². The molecule has 0 aliphatic heterocycles. The summed E-state index contributed by atoms with van der Waals surface area (Å²) in [5.41, 5.74) is 0.827. The van der Waals surface area contributed by atoms with Crippen molar-refractivity contribution in [2.45, 2.75) is 18.4 Å². The lowest BCUT2D eigenvalue weighted by Crippen LogP contribution is -2.38. The highest BCUT2D eigenvalue weighted by Crippen LogP contribution is 2.19. The molecule has 7 nitrogen and oxygen atoms in total. The maximum atomic E-state index is 12.6. The number of carbonyl (C=O) groups is 1. The lowest BCUT2D eigenvalue weighted by Gasteiger charge is -2.17. The van der Waals surface area contributed by atoms with Gasteiger partial charge in [0.2, 0.25) is 15.9 Å². The molecule has 8 heteroatoms. The van der Waals surface area contributed by atoms with Crippen molar-refractivity contribution in [3.8, 4) is 11.5 Å². The number of para-hydroxylation sites is 1. The van der Waals surface area contributed by atoms with Gasteiger partial charge in [0.05, 0.1) is 25.2 Å². The molecule has 0 spiro atoms. The average molecular weight is 392 g/mol. The summed E-state index contributed by atoms with van der Waals surface area (Å²) in [4.78, 5) is 12.3. The van der Waals surface area contributed by atoms with Crippen LogP contribution in [0.1, 0.15) is 12.5 Å². The highest BCUT2D eigenvalue weighted by molar-refractivity contribution is 7.89. The molecule has 0 heterocycles. The summed E-state index contributed by atoms with van der Waals surface area (Å²) < 4.78 is 36.7. The molecule has 1 N–H and O–H groups in total. The molecule has 0 saturated carbocycles. The molecule has 0 radical (unpaired) electrons. The molecule has 0 fully saturated rings. The number of hydrogen-bond donors (Lipinski definition) is 1. The van der Waals surface area contributed by atoms with Crippen LogP contribution in [0.25, 0.3) is 0 Å². The molecule has 2 rings (SSSR count). The number of carbonyl (C=O) groups excluding carboxylic acids is 1. The molecule has 0 aromatic heterocycles. The van der Waals surface area contributed by atoms with Crippen LogP contribution in [0, 0.1) is 0 Å². The van der Waals surface area contributed by atoms with Gasteiger partial charge in [-0.25, -0.2) is 8.42 Å². The minimum absolute atomic E-state index is 0.0975. The van der Waals surface area contributed by atoms with E-state index < -0.39 is 15.9 Å². The third-order valence-corrected chi connectivity index (χ3v) is 5.70. The standard InChI is InChI=1S/C19H24N2O5S/c1-4-26-18-8-6-5-7-15(18)13-20-19(22)14-21(2)27(23,24)17-11-9-16(25-3)10-12-17/h5-12H,4,13-14H2,1-3H3,(H,20,22). The zero-order valence-corrected chi connectivity index (χ0v) is 16.5. The van der Waals surface area contributed by atoms with Crippen LogP contribution in [0.4, 0.5) is 0 Å². The number of rotatable bonds is 9. The van der Waals surface area contributed by atoms with Crippen molar-refractivity contribution in [2.24, 2.45) is 0 Å². The van der Waals surface area contributed by atoms with Crippen LogP contribution >= 0.6 is 0 Å². The van der Waals surface area contributed by atoms with Crippen LogP contribution in [0.2, 0.25) is 0 Å². The largest absolute Gasteiger partial charge is 0.497 e. The Morgan fingerprint density at radius 2 is 1.78 bits per heavy atom. The van der Waals surface area contributed by atoms with Gasteiger partial charge in [-0.2, -0.15) is 4.31 Å². The lowest BCUT2D eigenvalue weighted by molar-refractivity contribution is -0.121. The van der Waals surface area contributed by atoms with Gasteiger partial charge in [0.1, 0.15) is 11.5 Å². The van der Waals surface area contributed by atoms with Crippen molar-refractivity contribution in [3.05, 3.63) is 54.1 Å². The van der Waals surface area contributed by atoms with E-state index in [1.165, 1.54) is 26.3 Å². The molecule has 0 atom stereocenters. The first-order valence-corrected chi connectivity index (χ1v) is 9.90. The quantitative estimate of drug-likeness (QED) is 0.706. The molecule has 1 amide bonds. The summed E-state index contributed by atoms with van der Waals surface area (Å²) in [5, 5.41) is 2.73. The molecule has 0 aliphatic carbocycles. The van der Waals surface area contributed by atoms with Crippen LogP contribution < -0.4 is 14.8 Å². The van der Waals surface area contributed by atoms with E-state index in [0.717, 1.165) is 9.87 Å². The minimum atomic E-state index is -3.77. The van der Waals surface area contributed by atoms with Gasteiger partial charge >= 0.3 is 0 Å². The number of nitrogens with one attached hydrogen (secondary N) is 1. The van der Waals surface area contributed by atoms with Gasteiger partial charge in [0.25, 0.3) is 0 Å². The Bertz CT molecular complexity index is 866. The molecule has 146 valence electrons. The molecular formula is C19H24N2O5S. The minimum Gasteiger partial charge on any atom is -0.497 e. The highest BCUT2D eigenvalue weighted by Gasteiger charge is 2.23. The van der Waals surface area contributed by atoms with Crippen LogP contribution in [-0.2, 0) is 21.4 Å². The first-order chi connectivity index (χ1) is 12.9. The van der Waals surface area contributed by atoms with Gasteiger partial charge in [-0.3, -0.25) is 4.79 Å². The summed E-state index contributed by atoms with van der Waals surface area (Å²) in [6.07, 6.45) is 0. The van der Waals surface area contributed by atoms with Crippen molar-refractivity contribution in [3.63, 3.8) is 0 Å². The SMILES string of the molecule is CCOc1ccccc1CNC(=O)CN(C)S(=O)(=O)c1ccc(OC)cc1. The van der Waals surface area contributed by atoms with E-state index in [9.17, 15) is 13.2 Å². The number of hydrogen-bond acceptors (Lipinski definition) is 5. The molecule has 2 aromatic rings. The van der Waals surface area contributed by atoms with Crippen LogP contribution in [-0.4, -0.2) is 45.9 Å². The zero-order chi connectivity index (χ0) is 19.9. The summed E-state index contributed by atoms with van der Waals surface area (Å²) in [7, 11) is -0.895. The van der Waals surface area contributed by atoms with Crippen molar-refractivity contribution in [2.75, 3.05) is 27.3 Å². The Hall–Kier alpha value is -2.58. The third kappa shape index (κ3) is 5.45. The second kappa shape index (κ2) is 9.38. The Kier molecular flexibility index (Phi) is 7.20. The normalized spacial score (nSPS) is 11.3. The monoisotopic (exact) mass is 392 g/mol. The lowest BCUT2D eigenvalue weighted by atomic mass is 10.2. The van der Waals surface area contributed by atoms with Crippen molar-refractivity contribution >= 4 is 15.9 Å². The van der Waals surface area contributed by atoms with Gasteiger partial charge in [0.15, 0.2) is 0 Å². The first-order valence-electron chi connectivity index (χ1n) is 8.46. The topological polar surface area (TPSA) is 84.9 Å². The molecule has 0 saturated heterocycles. The predicted octanol–water partition coefficient (Wildman–Crippen LogP) is 2.03. The number of ether oxygens (including phenoxy) is 2. The Balaban J connectivity index is 1.98. The van der Waals surface area contributed by atoms with E-state index in [1.807, 2.05) is 31.2 Å². The molecule has 27 heavy (non-hydrogen) atoms. The van der Waals surface area contributed by atoms with E-state index in [-0.39, 0.29) is 18.0 Å². The summed E-state index contributed by atoms with van der Waals surface area (Å²) in [6, 6.07) is 13.4. The fourth-order valence-electron chi connectivity index (χ4n) is 2.41. The molecule has 0 aliphatic rings. The van der Waals surface area contributed by atoms with Crippen LogP contribution in [0.5, 0.6) is 11.5 Å². The molecule has 0 bridgehead atoms. The third-order valence-electron chi connectivity index (χ3n) is 3.88. The Morgan fingerprint density at radius 3 is 2.41 bits per heavy atom. The fraction of sp³-hybridized carbons (Fsp3) is 0.316. The van der Waals surface area contributed by atoms with Crippen LogP contribution in [0.15, 0.2) is 53.4 Å². The Labute approximate surface area is 160 Å². The number of methoxy groups -OCH3 is 1. The average Bonchev–Trinajstić information content (AvgIpc) is 2.67. The second-order valence-electron chi connectivity index (χ2n) is 5.75. The summed E-state index contributed by atoms with van der Waals surface area (Å²) >= 11 is 0. The molecule has 2 aromatic carbocycles. The second-order valence-corrected chi connectivity index (χ2v) is 7.80. The molecule has 0 unspecified atom stereocenters. The maximum absolute atomic E-state index is 12.6. The number of amides is 1. The summed E-state index contributed by atoms with van der Waals surface area (Å²) in [5.74, 6) is 0.850. The maximum Gasteiger partial charge on any atom is 0.243 e. The van der Waals surface area contributed by atoms with Crippen molar-refractivity contribution in [1.29, 1.82) is 0 Å².